The highest BCUT2D eigenvalue weighted by Gasteiger charge is 2.16. The maximum Gasteiger partial charge on any atom is 0.306 e. The van der Waals surface area contributed by atoms with E-state index in [1.807, 2.05) is 31.2 Å². The molecule has 0 amide bonds. The number of aryl methyl sites for hydroxylation is 2. The normalized spacial score (nSPS) is 12.3. The lowest BCUT2D eigenvalue weighted by Crippen LogP contribution is -2.23. The Morgan fingerprint density at radius 3 is 2.80 bits per heavy atom. The Kier molecular flexibility index (Phi) is 4.57. The number of rotatable bonds is 6. The first-order chi connectivity index (χ1) is 11.9. The quantitative estimate of drug-likeness (QED) is 0.539. The van der Waals surface area contributed by atoms with Crippen molar-refractivity contribution >= 4 is 5.69 Å². The Bertz CT molecular complexity index is 901. The number of aromatic nitrogens is 5. The summed E-state index contributed by atoms with van der Waals surface area (Å²) in [4.78, 5) is 14.6. The van der Waals surface area contributed by atoms with Crippen molar-refractivity contribution < 1.29 is 10.0 Å². The molecule has 3 rings (SSSR count). The number of aliphatic hydroxyl groups excluding tert-OH is 1. The van der Waals surface area contributed by atoms with E-state index in [1.165, 1.54) is 10.9 Å². The van der Waals surface area contributed by atoms with Gasteiger partial charge < -0.3 is 5.11 Å². The molecule has 9 nitrogen and oxygen atoms in total. The second-order valence-corrected chi connectivity index (χ2v) is 5.87. The molecule has 0 spiro atoms. The van der Waals surface area contributed by atoms with Crippen LogP contribution in [0.3, 0.4) is 0 Å². The molecule has 130 valence electrons. The fourth-order valence-electron chi connectivity index (χ4n) is 2.60. The summed E-state index contributed by atoms with van der Waals surface area (Å²) in [6, 6.07) is 7.88. The topological polar surface area (TPSA) is 112 Å². The van der Waals surface area contributed by atoms with E-state index in [0.717, 1.165) is 17.3 Å². The van der Waals surface area contributed by atoms with Crippen LogP contribution in [0.4, 0.5) is 5.69 Å². The van der Waals surface area contributed by atoms with Crippen LogP contribution < -0.4 is 0 Å². The molecule has 0 radical (unpaired) electrons. The molecule has 9 heteroatoms. The van der Waals surface area contributed by atoms with Gasteiger partial charge >= 0.3 is 5.69 Å². The zero-order valence-electron chi connectivity index (χ0n) is 13.9. The predicted molar refractivity (Wildman–Crippen MR) is 89.8 cm³/mol. The van der Waals surface area contributed by atoms with Gasteiger partial charge in [-0.05, 0) is 19.9 Å². The van der Waals surface area contributed by atoms with Crippen molar-refractivity contribution in [2.24, 2.45) is 0 Å². The van der Waals surface area contributed by atoms with E-state index in [-0.39, 0.29) is 18.8 Å². The molecule has 0 unspecified atom stereocenters. The molecule has 0 saturated heterocycles. The van der Waals surface area contributed by atoms with Crippen LogP contribution in [0.1, 0.15) is 11.4 Å². The van der Waals surface area contributed by atoms with Gasteiger partial charge in [-0.25, -0.2) is 9.67 Å². The summed E-state index contributed by atoms with van der Waals surface area (Å²) in [6.07, 6.45) is 1.63. The van der Waals surface area contributed by atoms with Gasteiger partial charge in [0.15, 0.2) is 5.82 Å². The van der Waals surface area contributed by atoms with Gasteiger partial charge in [-0.15, -0.1) is 0 Å². The molecule has 2 aromatic heterocycles. The van der Waals surface area contributed by atoms with Crippen molar-refractivity contribution in [3.05, 3.63) is 58.2 Å². The van der Waals surface area contributed by atoms with E-state index in [2.05, 4.69) is 15.2 Å². The molecule has 0 aliphatic rings. The molecule has 0 aliphatic heterocycles. The SMILES string of the molecule is Cc1cccc(-c2nc(C)nn2C[C@@H](O)Cn2cc([N+](=O)[O-])cn2)c1. The number of hydrogen-bond donors (Lipinski definition) is 1. The predicted octanol–water partition coefficient (Wildman–Crippen LogP) is 1.73. The van der Waals surface area contributed by atoms with Crippen LogP contribution in [0.15, 0.2) is 36.7 Å². The van der Waals surface area contributed by atoms with Crippen molar-refractivity contribution in [3.63, 3.8) is 0 Å². The Labute approximate surface area is 143 Å². The van der Waals surface area contributed by atoms with Gasteiger partial charge in [0, 0.05) is 5.56 Å². The highest BCUT2D eigenvalue weighted by molar-refractivity contribution is 5.56. The van der Waals surface area contributed by atoms with Crippen molar-refractivity contribution in [3.8, 4) is 11.4 Å². The maximum atomic E-state index is 10.7. The Hall–Kier alpha value is -3.07. The second-order valence-electron chi connectivity index (χ2n) is 5.87. The van der Waals surface area contributed by atoms with Gasteiger partial charge in [0.2, 0.25) is 0 Å². The second kappa shape index (κ2) is 6.81. The fourth-order valence-corrected chi connectivity index (χ4v) is 2.60. The number of nitro groups is 1. The van der Waals surface area contributed by atoms with E-state index in [0.29, 0.717) is 11.6 Å². The summed E-state index contributed by atoms with van der Waals surface area (Å²) in [6.45, 7) is 4.12. The summed E-state index contributed by atoms with van der Waals surface area (Å²) in [5.41, 5.74) is 1.92. The first-order valence-corrected chi connectivity index (χ1v) is 7.76. The molecule has 0 fully saturated rings. The van der Waals surface area contributed by atoms with Gasteiger partial charge in [0.25, 0.3) is 0 Å². The molecular weight excluding hydrogens is 324 g/mol. The van der Waals surface area contributed by atoms with Crippen LogP contribution in [0.2, 0.25) is 0 Å². The van der Waals surface area contributed by atoms with Crippen LogP contribution in [0.25, 0.3) is 11.4 Å². The Morgan fingerprint density at radius 1 is 1.32 bits per heavy atom. The average Bonchev–Trinajstić information content (AvgIpc) is 3.14. The molecule has 0 bridgehead atoms. The summed E-state index contributed by atoms with van der Waals surface area (Å²) in [7, 11) is 0. The van der Waals surface area contributed by atoms with E-state index >= 15 is 0 Å². The summed E-state index contributed by atoms with van der Waals surface area (Å²) in [5, 5.41) is 29.2. The third-order valence-corrected chi connectivity index (χ3v) is 3.67. The monoisotopic (exact) mass is 342 g/mol. The number of nitrogens with zero attached hydrogens (tertiary/aromatic N) is 6. The maximum absolute atomic E-state index is 10.7. The minimum absolute atomic E-state index is 0.107. The molecule has 25 heavy (non-hydrogen) atoms. The van der Waals surface area contributed by atoms with Crippen LogP contribution in [0, 0.1) is 24.0 Å². The summed E-state index contributed by atoms with van der Waals surface area (Å²) in [5.74, 6) is 1.28. The van der Waals surface area contributed by atoms with Crippen LogP contribution >= 0.6 is 0 Å². The van der Waals surface area contributed by atoms with Crippen LogP contribution in [0.5, 0.6) is 0 Å². The Morgan fingerprint density at radius 2 is 2.12 bits per heavy atom. The van der Waals surface area contributed by atoms with Gasteiger partial charge in [-0.2, -0.15) is 10.2 Å². The zero-order chi connectivity index (χ0) is 18.0. The molecule has 1 N–H and O–H groups in total. The average molecular weight is 342 g/mol. The molecule has 2 heterocycles. The van der Waals surface area contributed by atoms with Crippen LogP contribution in [-0.2, 0) is 13.1 Å². The van der Waals surface area contributed by atoms with Crippen molar-refractivity contribution in [2.75, 3.05) is 0 Å². The van der Waals surface area contributed by atoms with E-state index < -0.39 is 11.0 Å². The third kappa shape index (κ3) is 3.89. The first kappa shape index (κ1) is 16.8. The molecule has 0 saturated carbocycles. The lowest BCUT2D eigenvalue weighted by Gasteiger charge is -2.12. The largest absolute Gasteiger partial charge is 0.389 e. The minimum atomic E-state index is -0.816. The lowest BCUT2D eigenvalue weighted by atomic mass is 10.1. The molecule has 1 atom stereocenters. The molecular formula is C16H18N6O3. The first-order valence-electron chi connectivity index (χ1n) is 7.76. The van der Waals surface area contributed by atoms with E-state index in [4.69, 9.17) is 0 Å². The molecule has 3 aromatic rings. The fraction of sp³-hybridized carbons (Fsp3) is 0.312. The summed E-state index contributed by atoms with van der Waals surface area (Å²) < 4.78 is 2.99. The molecule has 1 aromatic carbocycles. The number of aliphatic hydroxyl groups is 1. The Balaban J connectivity index is 1.77. The van der Waals surface area contributed by atoms with Gasteiger partial charge in [-0.1, -0.05) is 23.8 Å². The lowest BCUT2D eigenvalue weighted by molar-refractivity contribution is -0.385. The van der Waals surface area contributed by atoms with Gasteiger partial charge in [0.1, 0.15) is 18.2 Å². The number of benzene rings is 1. The van der Waals surface area contributed by atoms with Crippen molar-refractivity contribution in [2.45, 2.75) is 33.0 Å². The minimum Gasteiger partial charge on any atom is -0.389 e. The van der Waals surface area contributed by atoms with Crippen LogP contribution in [-0.4, -0.2) is 40.7 Å². The van der Waals surface area contributed by atoms with Gasteiger partial charge in [0.05, 0.1) is 24.1 Å². The third-order valence-electron chi connectivity index (χ3n) is 3.67. The number of hydrogen-bond acceptors (Lipinski definition) is 6. The van der Waals surface area contributed by atoms with Crippen molar-refractivity contribution in [1.29, 1.82) is 0 Å². The highest BCUT2D eigenvalue weighted by Crippen LogP contribution is 2.19. The summed E-state index contributed by atoms with van der Waals surface area (Å²) >= 11 is 0. The van der Waals surface area contributed by atoms with E-state index in [9.17, 15) is 15.2 Å². The van der Waals surface area contributed by atoms with Gasteiger partial charge in [-0.3, -0.25) is 14.8 Å². The standard InChI is InChI=1S/C16H18N6O3/c1-11-4-3-5-13(6-11)16-18-12(2)19-21(16)10-15(23)9-20-8-14(7-17-20)22(24)25/h3-8,15,23H,9-10H2,1-2H3/t15-/m0/s1. The van der Waals surface area contributed by atoms with Crippen molar-refractivity contribution in [1.82, 2.24) is 24.5 Å². The van der Waals surface area contributed by atoms with E-state index in [1.54, 1.807) is 11.6 Å². The highest BCUT2D eigenvalue weighted by atomic mass is 16.6. The smallest absolute Gasteiger partial charge is 0.306 e. The molecule has 0 aliphatic carbocycles. The zero-order valence-corrected chi connectivity index (χ0v) is 13.9.